The number of hydrogen-bond acceptors (Lipinski definition) is 4. The van der Waals surface area contributed by atoms with Gasteiger partial charge in [-0.15, -0.1) is 0 Å². The van der Waals surface area contributed by atoms with Crippen LogP contribution in [0.3, 0.4) is 0 Å². The highest BCUT2D eigenvalue weighted by atomic mass is 16.5. The first-order valence-electron chi connectivity index (χ1n) is 4.52. The molecule has 0 aromatic rings. The van der Waals surface area contributed by atoms with Crippen LogP contribution in [-0.4, -0.2) is 37.6 Å². The number of methoxy groups -OCH3 is 1. The summed E-state index contributed by atoms with van der Waals surface area (Å²) in [4.78, 5) is 13.0. The molecule has 14 heavy (non-hydrogen) atoms. The van der Waals surface area contributed by atoms with Crippen molar-refractivity contribution in [2.45, 2.75) is 18.9 Å². The first-order chi connectivity index (χ1) is 6.67. The van der Waals surface area contributed by atoms with Crippen LogP contribution in [0.25, 0.3) is 0 Å². The van der Waals surface area contributed by atoms with Gasteiger partial charge in [-0.25, -0.2) is 0 Å². The molecule has 0 amide bonds. The maximum atomic E-state index is 11.0. The minimum atomic E-state index is -0.238. The van der Waals surface area contributed by atoms with E-state index in [4.69, 9.17) is 5.26 Å². The standard InChI is InChI=1S/C10H14N2O2/c1-12-4-3-8(5-9(12)7-11)6-10(13)14-2/h3,9H,4-6H2,1-2H3. The van der Waals surface area contributed by atoms with Gasteiger partial charge in [-0.3, -0.25) is 9.69 Å². The summed E-state index contributed by atoms with van der Waals surface area (Å²) in [7, 11) is 3.28. The van der Waals surface area contributed by atoms with E-state index in [-0.39, 0.29) is 12.0 Å². The predicted octanol–water partition coefficient (Wildman–Crippen LogP) is 0.704. The Kier molecular flexibility index (Phi) is 3.66. The molecular weight excluding hydrogens is 180 g/mol. The normalized spacial score (nSPS) is 22.4. The molecule has 1 atom stereocenters. The first kappa shape index (κ1) is 10.7. The molecule has 0 spiro atoms. The third kappa shape index (κ3) is 2.57. The molecule has 1 aliphatic heterocycles. The maximum absolute atomic E-state index is 11.0. The molecule has 76 valence electrons. The average Bonchev–Trinajstić information content (AvgIpc) is 2.20. The molecule has 4 nitrogen and oxygen atoms in total. The summed E-state index contributed by atoms with van der Waals surface area (Å²) in [5, 5.41) is 8.84. The molecule has 1 aliphatic rings. The summed E-state index contributed by atoms with van der Waals surface area (Å²) in [6.45, 7) is 0.727. The van der Waals surface area contributed by atoms with E-state index in [0.29, 0.717) is 12.8 Å². The van der Waals surface area contributed by atoms with Gasteiger partial charge >= 0.3 is 5.97 Å². The van der Waals surface area contributed by atoms with Crippen molar-refractivity contribution in [3.63, 3.8) is 0 Å². The number of hydrogen-bond donors (Lipinski definition) is 0. The van der Waals surface area contributed by atoms with Crippen LogP contribution in [0.2, 0.25) is 0 Å². The van der Waals surface area contributed by atoms with Crippen molar-refractivity contribution in [1.29, 1.82) is 5.26 Å². The van der Waals surface area contributed by atoms with E-state index in [0.717, 1.165) is 12.1 Å². The van der Waals surface area contributed by atoms with Gasteiger partial charge < -0.3 is 4.74 Å². The van der Waals surface area contributed by atoms with Crippen LogP contribution >= 0.6 is 0 Å². The second-order valence-corrected chi connectivity index (χ2v) is 3.40. The molecule has 0 aromatic heterocycles. The van der Waals surface area contributed by atoms with Crippen molar-refractivity contribution in [2.75, 3.05) is 20.7 Å². The largest absolute Gasteiger partial charge is 0.469 e. The van der Waals surface area contributed by atoms with Crippen molar-refractivity contribution in [2.24, 2.45) is 0 Å². The van der Waals surface area contributed by atoms with Crippen LogP contribution < -0.4 is 0 Å². The van der Waals surface area contributed by atoms with E-state index < -0.39 is 0 Å². The second-order valence-electron chi connectivity index (χ2n) is 3.40. The highest BCUT2D eigenvalue weighted by molar-refractivity contribution is 5.72. The molecule has 0 saturated heterocycles. The van der Waals surface area contributed by atoms with Crippen LogP contribution in [0.1, 0.15) is 12.8 Å². The monoisotopic (exact) mass is 194 g/mol. The lowest BCUT2D eigenvalue weighted by atomic mass is 9.99. The second kappa shape index (κ2) is 4.77. The van der Waals surface area contributed by atoms with Gasteiger partial charge in [-0.1, -0.05) is 11.6 Å². The SMILES string of the molecule is COC(=O)CC1=CCN(C)C(C#N)C1. The molecule has 0 aromatic carbocycles. The summed E-state index contributed by atoms with van der Waals surface area (Å²) >= 11 is 0. The molecule has 0 bridgehead atoms. The van der Waals surface area contributed by atoms with E-state index >= 15 is 0 Å². The number of nitrogens with zero attached hydrogens (tertiary/aromatic N) is 2. The van der Waals surface area contributed by atoms with Crippen molar-refractivity contribution >= 4 is 5.97 Å². The number of carbonyl (C=O) groups is 1. The summed E-state index contributed by atoms with van der Waals surface area (Å²) < 4.78 is 4.57. The lowest BCUT2D eigenvalue weighted by Crippen LogP contribution is -2.34. The highest BCUT2D eigenvalue weighted by Crippen LogP contribution is 2.18. The van der Waals surface area contributed by atoms with Crippen molar-refractivity contribution in [1.82, 2.24) is 4.90 Å². The minimum Gasteiger partial charge on any atom is -0.469 e. The number of likely N-dealkylation sites (N-methyl/N-ethyl adjacent to an activating group) is 1. The smallest absolute Gasteiger partial charge is 0.309 e. The lowest BCUT2D eigenvalue weighted by Gasteiger charge is -2.26. The zero-order valence-electron chi connectivity index (χ0n) is 8.49. The maximum Gasteiger partial charge on any atom is 0.309 e. The van der Waals surface area contributed by atoms with E-state index in [1.54, 1.807) is 0 Å². The number of esters is 1. The van der Waals surface area contributed by atoms with Crippen molar-refractivity contribution in [3.8, 4) is 6.07 Å². The van der Waals surface area contributed by atoms with Crippen LogP contribution in [-0.2, 0) is 9.53 Å². The number of ether oxygens (including phenoxy) is 1. The van der Waals surface area contributed by atoms with E-state index in [1.807, 2.05) is 18.0 Å². The Morgan fingerprint density at radius 2 is 2.57 bits per heavy atom. The van der Waals surface area contributed by atoms with E-state index in [2.05, 4.69) is 10.8 Å². The molecule has 4 heteroatoms. The van der Waals surface area contributed by atoms with Crippen molar-refractivity contribution in [3.05, 3.63) is 11.6 Å². The number of rotatable bonds is 2. The van der Waals surface area contributed by atoms with E-state index in [9.17, 15) is 4.79 Å². The summed E-state index contributed by atoms with van der Waals surface area (Å²) in [6, 6.07) is 2.10. The minimum absolute atomic E-state index is 0.111. The van der Waals surface area contributed by atoms with Crippen LogP contribution in [0.15, 0.2) is 11.6 Å². The highest BCUT2D eigenvalue weighted by Gasteiger charge is 2.20. The molecule has 1 rings (SSSR count). The lowest BCUT2D eigenvalue weighted by molar-refractivity contribution is -0.139. The Hall–Kier alpha value is -1.34. The fraction of sp³-hybridized carbons (Fsp3) is 0.600. The van der Waals surface area contributed by atoms with Gasteiger partial charge in [-0.2, -0.15) is 5.26 Å². The van der Waals surface area contributed by atoms with Gasteiger partial charge in [0, 0.05) is 6.54 Å². The zero-order valence-corrected chi connectivity index (χ0v) is 8.49. The molecule has 0 radical (unpaired) electrons. The predicted molar refractivity (Wildman–Crippen MR) is 51.4 cm³/mol. The summed E-state index contributed by atoms with van der Waals surface area (Å²) in [5.41, 5.74) is 1.00. The molecular formula is C10H14N2O2. The molecule has 1 unspecified atom stereocenters. The Balaban J connectivity index is 2.57. The average molecular weight is 194 g/mol. The van der Waals surface area contributed by atoms with Crippen LogP contribution in [0.4, 0.5) is 0 Å². The molecule has 1 heterocycles. The quantitative estimate of drug-likeness (QED) is 0.479. The fourth-order valence-electron chi connectivity index (χ4n) is 1.43. The fourth-order valence-corrected chi connectivity index (χ4v) is 1.43. The van der Waals surface area contributed by atoms with E-state index in [1.165, 1.54) is 7.11 Å². The Bertz CT molecular complexity index is 291. The Morgan fingerprint density at radius 3 is 3.14 bits per heavy atom. The van der Waals surface area contributed by atoms with Gasteiger partial charge in [0.05, 0.1) is 19.6 Å². The Morgan fingerprint density at radius 1 is 1.86 bits per heavy atom. The first-order valence-corrected chi connectivity index (χ1v) is 4.52. The van der Waals surface area contributed by atoms with Crippen molar-refractivity contribution < 1.29 is 9.53 Å². The van der Waals surface area contributed by atoms with Gasteiger partial charge in [0.15, 0.2) is 0 Å². The number of carbonyl (C=O) groups excluding carboxylic acids is 1. The van der Waals surface area contributed by atoms with Crippen LogP contribution in [0.5, 0.6) is 0 Å². The van der Waals surface area contributed by atoms with Gasteiger partial charge in [-0.05, 0) is 13.5 Å². The molecule has 0 aliphatic carbocycles. The number of nitriles is 1. The molecule has 0 fully saturated rings. The van der Waals surface area contributed by atoms with Gasteiger partial charge in [0.2, 0.25) is 0 Å². The molecule has 0 N–H and O–H groups in total. The topological polar surface area (TPSA) is 53.3 Å². The third-order valence-electron chi connectivity index (χ3n) is 2.40. The summed E-state index contributed by atoms with van der Waals surface area (Å²) in [6.07, 6.45) is 2.94. The summed E-state index contributed by atoms with van der Waals surface area (Å²) in [5.74, 6) is -0.238. The van der Waals surface area contributed by atoms with Gasteiger partial charge in [0.25, 0.3) is 0 Å². The Labute approximate surface area is 83.8 Å². The van der Waals surface area contributed by atoms with Crippen LogP contribution in [0, 0.1) is 11.3 Å². The third-order valence-corrected chi connectivity index (χ3v) is 2.40. The van der Waals surface area contributed by atoms with Gasteiger partial charge in [0.1, 0.15) is 6.04 Å². The molecule has 0 saturated carbocycles. The zero-order chi connectivity index (χ0) is 10.6.